The van der Waals surface area contributed by atoms with Crippen LogP contribution in [0, 0.1) is 0 Å². The third-order valence-electron chi connectivity index (χ3n) is 6.06. The molecule has 0 radical (unpaired) electrons. The quantitative estimate of drug-likeness (QED) is 0.459. The summed E-state index contributed by atoms with van der Waals surface area (Å²) in [4.78, 5) is 0. The second-order valence-electron chi connectivity index (χ2n) is 8.35. The molecule has 0 saturated carbocycles. The van der Waals surface area contributed by atoms with Gasteiger partial charge in [-0.3, -0.25) is 0 Å². The number of nitrogens with zero attached hydrogens (tertiary/aromatic N) is 2. The molecule has 0 aromatic heterocycles. The Morgan fingerprint density at radius 3 is 2.45 bits per heavy atom. The van der Waals surface area contributed by atoms with Gasteiger partial charge in [0.25, 0.3) is 0 Å². The maximum absolute atomic E-state index is 6.45. The highest BCUT2D eigenvalue weighted by Crippen LogP contribution is 2.48. The van der Waals surface area contributed by atoms with Crippen LogP contribution in [-0.2, 0) is 0 Å². The van der Waals surface area contributed by atoms with Crippen LogP contribution in [0.1, 0.15) is 60.7 Å². The molecule has 158 valence electrons. The number of hydrogen-bond acceptors (Lipinski definition) is 4. The highest BCUT2D eigenvalue weighted by molar-refractivity contribution is 6.30. The molecule has 2 heterocycles. The predicted molar refractivity (Wildman–Crippen MR) is 124 cm³/mol. The molecule has 0 amide bonds. The van der Waals surface area contributed by atoms with Gasteiger partial charge in [0.05, 0.1) is 18.9 Å². The standard InChI is InChI=1S/C26H25ClN2O2/c1-16(2)17-4-6-19(7-5-17)26-29-24(22-14-20(27)10-13-25(22)31-26)15-23(28-29)18-8-11-21(30-3)12-9-18/h4-14,16,24,26H,15H2,1-3H3/t24-,26+/m1/s1. The second-order valence-corrected chi connectivity index (χ2v) is 8.79. The summed E-state index contributed by atoms with van der Waals surface area (Å²) in [6.07, 6.45) is 0.513. The molecule has 0 saturated heterocycles. The predicted octanol–water partition coefficient (Wildman–Crippen LogP) is 6.71. The number of hydrogen-bond donors (Lipinski definition) is 0. The lowest BCUT2D eigenvalue weighted by Gasteiger charge is -2.38. The molecule has 4 nitrogen and oxygen atoms in total. The topological polar surface area (TPSA) is 34.1 Å². The van der Waals surface area contributed by atoms with Crippen molar-refractivity contribution < 1.29 is 9.47 Å². The molecule has 5 rings (SSSR count). The lowest BCUT2D eigenvalue weighted by molar-refractivity contribution is -0.0190. The molecule has 0 aliphatic carbocycles. The fourth-order valence-electron chi connectivity index (χ4n) is 4.28. The first-order valence-corrected chi connectivity index (χ1v) is 11.0. The Morgan fingerprint density at radius 2 is 1.77 bits per heavy atom. The summed E-state index contributed by atoms with van der Waals surface area (Å²) in [5, 5.41) is 7.81. The maximum atomic E-state index is 6.45. The fraction of sp³-hybridized carbons (Fsp3) is 0.269. The van der Waals surface area contributed by atoms with E-state index >= 15 is 0 Å². The molecule has 3 aromatic carbocycles. The lowest BCUT2D eigenvalue weighted by Crippen LogP contribution is -2.33. The number of halogens is 1. The van der Waals surface area contributed by atoms with Crippen molar-refractivity contribution in [3.8, 4) is 11.5 Å². The monoisotopic (exact) mass is 432 g/mol. The highest BCUT2D eigenvalue weighted by Gasteiger charge is 2.41. The van der Waals surface area contributed by atoms with Crippen LogP contribution in [0.25, 0.3) is 0 Å². The molecule has 2 aliphatic heterocycles. The van der Waals surface area contributed by atoms with Crippen LogP contribution >= 0.6 is 11.6 Å². The molecule has 0 unspecified atom stereocenters. The van der Waals surface area contributed by atoms with Gasteiger partial charge >= 0.3 is 0 Å². The molecular weight excluding hydrogens is 408 g/mol. The zero-order valence-electron chi connectivity index (χ0n) is 17.9. The Balaban J connectivity index is 1.55. The van der Waals surface area contributed by atoms with E-state index < -0.39 is 0 Å². The van der Waals surface area contributed by atoms with E-state index in [4.69, 9.17) is 26.2 Å². The van der Waals surface area contributed by atoms with E-state index in [1.54, 1.807) is 7.11 Å². The van der Waals surface area contributed by atoms with Crippen molar-refractivity contribution in [3.63, 3.8) is 0 Å². The van der Waals surface area contributed by atoms with Gasteiger partial charge in [-0.15, -0.1) is 0 Å². The van der Waals surface area contributed by atoms with Crippen LogP contribution in [0.2, 0.25) is 5.02 Å². The zero-order valence-corrected chi connectivity index (χ0v) is 18.6. The Hall–Kier alpha value is -2.98. The first kappa shape index (κ1) is 20.0. The minimum atomic E-state index is -0.282. The Bertz CT molecular complexity index is 1120. The molecular formula is C26H25ClN2O2. The van der Waals surface area contributed by atoms with E-state index in [2.05, 4.69) is 55.3 Å². The highest BCUT2D eigenvalue weighted by atomic mass is 35.5. The molecule has 0 bridgehead atoms. The molecule has 31 heavy (non-hydrogen) atoms. The van der Waals surface area contributed by atoms with Crippen LogP contribution < -0.4 is 9.47 Å². The Labute approximate surface area is 188 Å². The largest absolute Gasteiger partial charge is 0.497 e. The summed E-state index contributed by atoms with van der Waals surface area (Å²) in [7, 11) is 1.68. The molecule has 0 spiro atoms. The average molecular weight is 433 g/mol. The molecule has 2 atom stereocenters. The number of ether oxygens (including phenoxy) is 2. The van der Waals surface area contributed by atoms with Crippen molar-refractivity contribution in [1.82, 2.24) is 5.01 Å². The van der Waals surface area contributed by atoms with E-state index in [1.807, 2.05) is 30.3 Å². The van der Waals surface area contributed by atoms with Crippen LogP contribution in [0.15, 0.2) is 71.8 Å². The smallest absolute Gasteiger partial charge is 0.213 e. The summed E-state index contributed by atoms with van der Waals surface area (Å²) in [5.74, 6) is 2.20. The van der Waals surface area contributed by atoms with Crippen molar-refractivity contribution >= 4 is 17.3 Å². The number of fused-ring (bicyclic) bond motifs is 3. The van der Waals surface area contributed by atoms with Crippen molar-refractivity contribution in [2.24, 2.45) is 5.10 Å². The normalized spacial score (nSPS) is 19.5. The molecule has 2 aliphatic rings. The number of hydrazone groups is 1. The van der Waals surface area contributed by atoms with E-state index in [0.29, 0.717) is 10.9 Å². The van der Waals surface area contributed by atoms with Crippen LogP contribution in [0.5, 0.6) is 11.5 Å². The maximum Gasteiger partial charge on any atom is 0.213 e. The fourth-order valence-corrected chi connectivity index (χ4v) is 4.46. The minimum absolute atomic E-state index is 0.0781. The van der Waals surface area contributed by atoms with Gasteiger partial charge < -0.3 is 9.47 Å². The summed E-state index contributed by atoms with van der Waals surface area (Å²) >= 11 is 6.33. The summed E-state index contributed by atoms with van der Waals surface area (Å²) in [6, 6.07) is 22.7. The first-order valence-electron chi connectivity index (χ1n) is 10.6. The molecule has 5 heteroatoms. The van der Waals surface area contributed by atoms with E-state index in [-0.39, 0.29) is 12.3 Å². The SMILES string of the molecule is COc1ccc(C2=NN3[C@H](C2)c2cc(Cl)ccc2O[C@H]3c2ccc(C(C)C)cc2)cc1. The van der Waals surface area contributed by atoms with Gasteiger partial charge in [0, 0.05) is 22.6 Å². The van der Waals surface area contributed by atoms with Crippen LogP contribution in [-0.4, -0.2) is 17.8 Å². The molecule has 3 aromatic rings. The van der Waals surface area contributed by atoms with Crippen molar-refractivity contribution in [2.45, 2.75) is 38.5 Å². The zero-order chi connectivity index (χ0) is 21.5. The van der Waals surface area contributed by atoms with Crippen molar-refractivity contribution in [2.75, 3.05) is 7.11 Å². The number of benzene rings is 3. The van der Waals surface area contributed by atoms with Gasteiger partial charge in [-0.05, 0) is 59.5 Å². The van der Waals surface area contributed by atoms with Gasteiger partial charge in [0.15, 0.2) is 0 Å². The van der Waals surface area contributed by atoms with E-state index in [9.17, 15) is 0 Å². The van der Waals surface area contributed by atoms with Gasteiger partial charge in [0.1, 0.15) is 11.5 Å². The Morgan fingerprint density at radius 1 is 1.03 bits per heavy atom. The van der Waals surface area contributed by atoms with Gasteiger partial charge in [0.2, 0.25) is 6.23 Å². The van der Waals surface area contributed by atoms with Crippen molar-refractivity contribution in [1.29, 1.82) is 0 Å². The summed E-state index contributed by atoms with van der Waals surface area (Å²) in [5.41, 5.74) is 5.61. The summed E-state index contributed by atoms with van der Waals surface area (Å²) < 4.78 is 11.8. The van der Waals surface area contributed by atoms with Crippen molar-refractivity contribution in [3.05, 3.63) is 94.0 Å². The summed E-state index contributed by atoms with van der Waals surface area (Å²) in [6.45, 7) is 4.40. The Kier molecular flexibility index (Phi) is 5.11. The third-order valence-corrected chi connectivity index (χ3v) is 6.30. The lowest BCUT2D eigenvalue weighted by atomic mass is 9.95. The van der Waals surface area contributed by atoms with E-state index in [1.165, 1.54) is 5.56 Å². The second kappa shape index (κ2) is 7.93. The van der Waals surface area contributed by atoms with Gasteiger partial charge in [-0.1, -0.05) is 49.7 Å². The van der Waals surface area contributed by atoms with Gasteiger partial charge in [-0.25, -0.2) is 5.01 Å². The number of methoxy groups -OCH3 is 1. The molecule has 0 N–H and O–H groups in total. The third kappa shape index (κ3) is 3.66. The van der Waals surface area contributed by atoms with E-state index in [0.717, 1.165) is 40.3 Å². The number of rotatable bonds is 4. The minimum Gasteiger partial charge on any atom is -0.497 e. The van der Waals surface area contributed by atoms with Gasteiger partial charge in [-0.2, -0.15) is 5.10 Å². The first-order chi connectivity index (χ1) is 15.0. The van der Waals surface area contributed by atoms with Crippen LogP contribution in [0.4, 0.5) is 0 Å². The average Bonchev–Trinajstić information content (AvgIpc) is 3.24. The molecule has 0 fully saturated rings. The van der Waals surface area contributed by atoms with Crippen LogP contribution in [0.3, 0.4) is 0 Å².